The molecule has 4 rings (SSSR count). The number of hydrogen-bond donors (Lipinski definition) is 3. The van der Waals surface area contributed by atoms with Gasteiger partial charge in [-0.15, -0.1) is 0 Å². The Morgan fingerprint density at radius 3 is 2.62 bits per heavy atom. The van der Waals surface area contributed by atoms with E-state index in [1.54, 1.807) is 12.2 Å². The highest BCUT2D eigenvalue weighted by Crippen LogP contribution is 2.70. The van der Waals surface area contributed by atoms with E-state index in [1.165, 1.54) is 0 Å². The first-order chi connectivity index (χ1) is 13.5. The summed E-state index contributed by atoms with van der Waals surface area (Å²) >= 11 is 3.50. The fourth-order valence-corrected chi connectivity index (χ4v) is 8.20. The highest BCUT2D eigenvalue weighted by atomic mass is 79.9. The van der Waals surface area contributed by atoms with Crippen LogP contribution in [0, 0.1) is 34.5 Å². The summed E-state index contributed by atoms with van der Waals surface area (Å²) in [6, 6.07) is 0. The summed E-state index contributed by atoms with van der Waals surface area (Å²) in [5.41, 5.74) is -0.213. The topological polar surface area (TPSA) is 112 Å². The van der Waals surface area contributed by atoms with E-state index in [9.17, 15) is 29.7 Å². The SMILES string of the molecule is C[C@]12C=CC(=O)C=C1CC[C@@H]1[C@@H]2[C@@H](O)C[C@@]2(C)[C@H]1C[C@@H](C(=O)O)[C@]2(Br)C(=O)CO. The number of allylic oxidation sites excluding steroid dienone is 4. The van der Waals surface area contributed by atoms with Gasteiger partial charge in [-0.2, -0.15) is 0 Å². The van der Waals surface area contributed by atoms with Crippen LogP contribution in [0.25, 0.3) is 0 Å². The Labute approximate surface area is 178 Å². The molecule has 0 aromatic rings. The number of halogens is 1. The van der Waals surface area contributed by atoms with E-state index >= 15 is 0 Å². The summed E-state index contributed by atoms with van der Waals surface area (Å²) in [5.74, 6) is -2.80. The molecule has 4 aliphatic carbocycles. The van der Waals surface area contributed by atoms with E-state index < -0.39 is 45.5 Å². The number of carboxylic acids is 1. The van der Waals surface area contributed by atoms with Crippen molar-refractivity contribution in [2.45, 2.75) is 50.0 Å². The van der Waals surface area contributed by atoms with Gasteiger partial charge in [-0.1, -0.05) is 41.4 Å². The number of Topliss-reactive ketones (excluding diaryl/α,β-unsaturated/α-hetero) is 1. The second-order valence-corrected chi connectivity index (χ2v) is 10.9. The molecular weight excluding hydrogens is 440 g/mol. The molecule has 0 unspecified atom stereocenters. The number of fused-ring (bicyclic) bond motifs is 5. The molecule has 158 valence electrons. The number of hydrogen-bond acceptors (Lipinski definition) is 5. The second kappa shape index (κ2) is 6.59. The fourth-order valence-electron chi connectivity index (χ4n) is 7.24. The van der Waals surface area contributed by atoms with Crippen molar-refractivity contribution in [3.8, 4) is 0 Å². The lowest BCUT2D eigenvalue weighted by Gasteiger charge is -2.59. The quantitative estimate of drug-likeness (QED) is 0.550. The normalized spacial score (nSPS) is 48.4. The number of aliphatic hydroxyl groups excluding tert-OH is 2. The lowest BCUT2D eigenvalue weighted by Crippen LogP contribution is -2.61. The van der Waals surface area contributed by atoms with Gasteiger partial charge in [-0.25, -0.2) is 0 Å². The third kappa shape index (κ3) is 2.56. The molecule has 4 aliphatic rings. The number of aliphatic hydroxyl groups is 2. The van der Waals surface area contributed by atoms with E-state index in [4.69, 9.17) is 0 Å². The molecule has 0 aromatic heterocycles. The predicted octanol–water partition coefficient (Wildman–Crippen LogP) is 2.27. The van der Waals surface area contributed by atoms with Gasteiger partial charge >= 0.3 is 5.97 Å². The third-order valence-corrected chi connectivity index (χ3v) is 10.4. The minimum Gasteiger partial charge on any atom is -0.481 e. The number of carboxylic acid groups (broad SMARTS) is 1. The van der Waals surface area contributed by atoms with E-state index in [1.807, 2.05) is 19.9 Å². The maximum Gasteiger partial charge on any atom is 0.308 e. The van der Waals surface area contributed by atoms with Crippen LogP contribution in [-0.2, 0) is 14.4 Å². The van der Waals surface area contributed by atoms with Crippen LogP contribution in [0.2, 0.25) is 0 Å². The average molecular weight is 467 g/mol. The first-order valence-corrected chi connectivity index (χ1v) is 11.0. The van der Waals surface area contributed by atoms with Gasteiger partial charge in [0, 0.05) is 11.3 Å². The summed E-state index contributed by atoms with van der Waals surface area (Å²) in [5, 5.41) is 30.8. The third-order valence-electron chi connectivity index (χ3n) is 8.53. The van der Waals surface area contributed by atoms with Gasteiger partial charge in [0.2, 0.25) is 0 Å². The first kappa shape index (κ1) is 20.9. The molecule has 0 aromatic carbocycles. The van der Waals surface area contributed by atoms with Crippen molar-refractivity contribution in [2.24, 2.45) is 34.5 Å². The summed E-state index contributed by atoms with van der Waals surface area (Å²) in [6.07, 6.45) is 6.45. The van der Waals surface area contributed by atoms with E-state index in [0.717, 1.165) is 12.0 Å². The van der Waals surface area contributed by atoms with E-state index in [0.29, 0.717) is 12.8 Å². The van der Waals surface area contributed by atoms with Gasteiger partial charge in [0.25, 0.3) is 0 Å². The Bertz CT molecular complexity index is 848. The number of ketones is 2. The van der Waals surface area contributed by atoms with Crippen LogP contribution in [0.15, 0.2) is 23.8 Å². The zero-order chi connectivity index (χ0) is 21.4. The first-order valence-electron chi connectivity index (χ1n) is 10.2. The smallest absolute Gasteiger partial charge is 0.308 e. The maximum atomic E-state index is 12.8. The molecule has 0 radical (unpaired) electrons. The largest absolute Gasteiger partial charge is 0.481 e. The van der Waals surface area contributed by atoms with Crippen LogP contribution in [0.5, 0.6) is 0 Å². The van der Waals surface area contributed by atoms with Crippen LogP contribution in [-0.4, -0.2) is 49.9 Å². The number of aliphatic carboxylic acids is 1. The zero-order valence-electron chi connectivity index (χ0n) is 16.6. The van der Waals surface area contributed by atoms with Crippen molar-refractivity contribution in [3.63, 3.8) is 0 Å². The molecule has 0 bridgehead atoms. The minimum atomic E-state index is -1.41. The van der Waals surface area contributed by atoms with Crippen LogP contribution in [0.1, 0.15) is 39.5 Å². The van der Waals surface area contributed by atoms with Crippen molar-refractivity contribution in [1.29, 1.82) is 0 Å². The maximum absolute atomic E-state index is 12.8. The number of rotatable bonds is 3. The second-order valence-electron chi connectivity index (χ2n) is 9.63. The number of carbonyl (C=O) groups excluding carboxylic acids is 2. The molecule has 0 saturated heterocycles. The Morgan fingerprint density at radius 2 is 2.00 bits per heavy atom. The minimum absolute atomic E-state index is 0.0246. The molecule has 8 atom stereocenters. The highest BCUT2D eigenvalue weighted by Gasteiger charge is 2.72. The molecule has 3 saturated carbocycles. The van der Waals surface area contributed by atoms with Crippen molar-refractivity contribution in [1.82, 2.24) is 0 Å². The zero-order valence-corrected chi connectivity index (χ0v) is 18.2. The van der Waals surface area contributed by atoms with Crippen LogP contribution < -0.4 is 0 Å². The van der Waals surface area contributed by atoms with Gasteiger partial charge in [0.15, 0.2) is 11.6 Å². The molecule has 0 heterocycles. The van der Waals surface area contributed by atoms with Gasteiger partial charge in [-0.05, 0) is 55.1 Å². The summed E-state index contributed by atoms with van der Waals surface area (Å²) in [4.78, 5) is 36.8. The van der Waals surface area contributed by atoms with Crippen molar-refractivity contribution in [2.75, 3.05) is 6.61 Å². The van der Waals surface area contributed by atoms with Gasteiger partial charge in [0.1, 0.15) is 10.9 Å². The summed E-state index contributed by atoms with van der Waals surface area (Å²) in [7, 11) is 0. The Balaban J connectivity index is 1.81. The molecular formula is C22H27BrO6. The predicted molar refractivity (Wildman–Crippen MR) is 108 cm³/mol. The van der Waals surface area contributed by atoms with Crippen molar-refractivity contribution < 1.29 is 29.7 Å². The number of alkyl halides is 1. The van der Waals surface area contributed by atoms with Crippen LogP contribution in [0.4, 0.5) is 0 Å². The van der Waals surface area contributed by atoms with Crippen molar-refractivity contribution >= 4 is 33.5 Å². The average Bonchev–Trinajstić information content (AvgIpc) is 2.90. The van der Waals surface area contributed by atoms with E-state index in [2.05, 4.69) is 15.9 Å². The molecule has 3 fully saturated rings. The van der Waals surface area contributed by atoms with Gasteiger partial charge in [-0.3, -0.25) is 14.4 Å². The Hall–Kier alpha value is -1.31. The Kier molecular flexibility index (Phi) is 4.76. The van der Waals surface area contributed by atoms with Gasteiger partial charge in [0.05, 0.1) is 12.0 Å². The molecule has 3 N–H and O–H groups in total. The fraction of sp³-hybridized carbons (Fsp3) is 0.682. The van der Waals surface area contributed by atoms with Crippen LogP contribution in [0.3, 0.4) is 0 Å². The lowest BCUT2D eigenvalue weighted by atomic mass is 9.46. The molecule has 0 spiro atoms. The van der Waals surface area contributed by atoms with Gasteiger partial charge < -0.3 is 15.3 Å². The molecule has 7 heteroatoms. The highest BCUT2D eigenvalue weighted by molar-refractivity contribution is 9.10. The number of carbonyl (C=O) groups is 3. The van der Waals surface area contributed by atoms with E-state index in [-0.39, 0.29) is 30.0 Å². The monoisotopic (exact) mass is 466 g/mol. The molecule has 6 nitrogen and oxygen atoms in total. The summed E-state index contributed by atoms with van der Waals surface area (Å²) in [6.45, 7) is 3.20. The van der Waals surface area contributed by atoms with Crippen LogP contribution >= 0.6 is 15.9 Å². The molecule has 0 aliphatic heterocycles. The summed E-state index contributed by atoms with van der Waals surface area (Å²) < 4.78 is -1.41. The lowest BCUT2D eigenvalue weighted by molar-refractivity contribution is -0.148. The standard InChI is InChI=1S/C22H27BrO6/c1-20-6-5-12(25)7-11(20)3-4-13-14-8-15(19(28)29)22(23,17(27)10-24)21(14,2)9-16(26)18(13)20/h5-7,13-16,18,24,26H,3-4,8-10H2,1-2H3,(H,28,29)/t13-,14-,15-,16-,18+,20-,21-,22-/m0/s1. The van der Waals surface area contributed by atoms with Crippen molar-refractivity contribution in [3.05, 3.63) is 23.8 Å². The Morgan fingerprint density at radius 1 is 1.31 bits per heavy atom. The molecule has 0 amide bonds. The molecule has 29 heavy (non-hydrogen) atoms.